The Bertz CT molecular complexity index is 447. The standard InChI is InChI=1S/C11H12Cl2N2O2/c1-2-17-10(16)11(3-4-11)5-7-9(13)15-8(12)6-14-7/h6H,2-5H2,1H3. The summed E-state index contributed by atoms with van der Waals surface area (Å²) < 4.78 is 5.05. The zero-order valence-electron chi connectivity index (χ0n) is 9.37. The molecular weight excluding hydrogens is 263 g/mol. The minimum absolute atomic E-state index is 0.173. The monoisotopic (exact) mass is 274 g/mol. The second-order valence-electron chi connectivity index (χ2n) is 4.11. The third-order valence-corrected chi connectivity index (χ3v) is 3.32. The van der Waals surface area contributed by atoms with Crippen LogP contribution in [-0.4, -0.2) is 22.5 Å². The molecule has 92 valence electrons. The fraction of sp³-hybridized carbons (Fsp3) is 0.545. The molecule has 4 nitrogen and oxygen atoms in total. The minimum Gasteiger partial charge on any atom is -0.466 e. The predicted octanol–water partition coefficient (Wildman–Crippen LogP) is 2.67. The lowest BCUT2D eigenvalue weighted by Crippen LogP contribution is -2.22. The van der Waals surface area contributed by atoms with Crippen LogP contribution in [0.15, 0.2) is 6.20 Å². The molecule has 17 heavy (non-hydrogen) atoms. The molecule has 0 aromatic carbocycles. The highest BCUT2D eigenvalue weighted by molar-refractivity contribution is 6.32. The zero-order chi connectivity index (χ0) is 12.5. The molecule has 0 spiro atoms. The van der Waals surface area contributed by atoms with Crippen molar-refractivity contribution in [2.24, 2.45) is 5.41 Å². The number of ether oxygens (including phenoxy) is 1. The lowest BCUT2D eigenvalue weighted by molar-refractivity contribution is -0.149. The number of nitrogens with zero attached hydrogens (tertiary/aromatic N) is 2. The van der Waals surface area contributed by atoms with Crippen molar-refractivity contribution in [3.05, 3.63) is 22.2 Å². The largest absolute Gasteiger partial charge is 0.466 e. The minimum atomic E-state index is -0.442. The van der Waals surface area contributed by atoms with Crippen molar-refractivity contribution in [2.75, 3.05) is 6.61 Å². The van der Waals surface area contributed by atoms with Crippen LogP contribution in [0.5, 0.6) is 0 Å². The van der Waals surface area contributed by atoms with E-state index in [0.717, 1.165) is 12.8 Å². The number of carbonyl (C=O) groups is 1. The van der Waals surface area contributed by atoms with Crippen molar-refractivity contribution in [1.29, 1.82) is 0 Å². The number of esters is 1. The first kappa shape index (κ1) is 12.6. The maximum absolute atomic E-state index is 11.8. The van der Waals surface area contributed by atoms with Gasteiger partial charge >= 0.3 is 5.97 Å². The first-order valence-electron chi connectivity index (χ1n) is 5.41. The summed E-state index contributed by atoms with van der Waals surface area (Å²) in [4.78, 5) is 19.8. The first-order valence-corrected chi connectivity index (χ1v) is 6.17. The highest BCUT2D eigenvalue weighted by Crippen LogP contribution is 2.49. The number of hydrogen-bond acceptors (Lipinski definition) is 4. The lowest BCUT2D eigenvalue weighted by atomic mass is 10.0. The van der Waals surface area contributed by atoms with Crippen LogP contribution < -0.4 is 0 Å². The number of carbonyl (C=O) groups excluding carboxylic acids is 1. The van der Waals surface area contributed by atoms with E-state index in [9.17, 15) is 4.79 Å². The van der Waals surface area contributed by atoms with Crippen LogP contribution in [0.25, 0.3) is 0 Å². The zero-order valence-corrected chi connectivity index (χ0v) is 10.9. The smallest absolute Gasteiger partial charge is 0.312 e. The Morgan fingerprint density at radius 2 is 2.24 bits per heavy atom. The summed E-state index contributed by atoms with van der Waals surface area (Å²) in [5.41, 5.74) is 0.156. The topological polar surface area (TPSA) is 52.1 Å². The summed E-state index contributed by atoms with van der Waals surface area (Å²) in [6.07, 6.45) is 3.53. The van der Waals surface area contributed by atoms with Gasteiger partial charge in [0.25, 0.3) is 0 Å². The molecule has 1 aromatic rings. The van der Waals surface area contributed by atoms with Crippen LogP contribution >= 0.6 is 23.2 Å². The highest BCUT2D eigenvalue weighted by atomic mass is 35.5. The van der Waals surface area contributed by atoms with Crippen LogP contribution in [-0.2, 0) is 16.0 Å². The molecule has 1 aliphatic carbocycles. The third kappa shape index (κ3) is 2.69. The Hall–Kier alpha value is -0.870. The summed E-state index contributed by atoms with van der Waals surface area (Å²) in [7, 11) is 0. The number of aromatic nitrogens is 2. The van der Waals surface area contributed by atoms with Gasteiger partial charge in [0.05, 0.1) is 23.9 Å². The van der Waals surface area contributed by atoms with E-state index >= 15 is 0 Å². The van der Waals surface area contributed by atoms with E-state index in [2.05, 4.69) is 9.97 Å². The highest BCUT2D eigenvalue weighted by Gasteiger charge is 2.51. The van der Waals surface area contributed by atoms with Crippen molar-refractivity contribution in [3.63, 3.8) is 0 Å². The van der Waals surface area contributed by atoms with Gasteiger partial charge < -0.3 is 4.74 Å². The number of halogens is 2. The second kappa shape index (κ2) is 4.78. The van der Waals surface area contributed by atoms with Gasteiger partial charge in [-0.05, 0) is 19.8 Å². The molecule has 6 heteroatoms. The van der Waals surface area contributed by atoms with E-state index in [4.69, 9.17) is 27.9 Å². The van der Waals surface area contributed by atoms with E-state index < -0.39 is 5.41 Å². The number of rotatable bonds is 4. The van der Waals surface area contributed by atoms with Gasteiger partial charge in [-0.2, -0.15) is 0 Å². The molecule has 1 heterocycles. The fourth-order valence-electron chi connectivity index (χ4n) is 1.70. The average molecular weight is 275 g/mol. The molecule has 0 atom stereocenters. The third-order valence-electron chi connectivity index (χ3n) is 2.84. The van der Waals surface area contributed by atoms with Crippen LogP contribution in [0.2, 0.25) is 10.3 Å². The molecular formula is C11H12Cl2N2O2. The molecule has 0 N–H and O–H groups in total. The summed E-state index contributed by atoms with van der Waals surface area (Å²) in [6.45, 7) is 2.18. The van der Waals surface area contributed by atoms with Crippen LogP contribution in [0, 0.1) is 5.41 Å². The van der Waals surface area contributed by atoms with E-state index in [-0.39, 0.29) is 16.3 Å². The van der Waals surface area contributed by atoms with E-state index in [0.29, 0.717) is 18.7 Å². The van der Waals surface area contributed by atoms with Crippen LogP contribution in [0.3, 0.4) is 0 Å². The Balaban J connectivity index is 2.13. The molecule has 0 saturated heterocycles. The van der Waals surface area contributed by atoms with Crippen molar-refractivity contribution < 1.29 is 9.53 Å². The Morgan fingerprint density at radius 1 is 1.53 bits per heavy atom. The quantitative estimate of drug-likeness (QED) is 0.793. The predicted molar refractivity (Wildman–Crippen MR) is 64.1 cm³/mol. The molecule has 0 unspecified atom stereocenters. The summed E-state index contributed by atoms with van der Waals surface area (Å²) in [5.74, 6) is -0.173. The Morgan fingerprint density at radius 3 is 2.76 bits per heavy atom. The van der Waals surface area contributed by atoms with E-state index in [1.807, 2.05) is 0 Å². The lowest BCUT2D eigenvalue weighted by Gasteiger charge is -2.13. The molecule has 0 amide bonds. The normalized spacial score (nSPS) is 16.6. The van der Waals surface area contributed by atoms with Gasteiger partial charge in [-0.25, -0.2) is 4.98 Å². The summed E-state index contributed by atoms with van der Waals surface area (Å²) in [5, 5.41) is 0.507. The van der Waals surface area contributed by atoms with Crippen molar-refractivity contribution in [1.82, 2.24) is 9.97 Å². The van der Waals surface area contributed by atoms with Gasteiger partial charge in [-0.1, -0.05) is 23.2 Å². The van der Waals surface area contributed by atoms with Gasteiger partial charge in [-0.15, -0.1) is 0 Å². The van der Waals surface area contributed by atoms with Gasteiger partial charge in [-0.3, -0.25) is 9.78 Å². The maximum atomic E-state index is 11.8. The molecule has 0 bridgehead atoms. The van der Waals surface area contributed by atoms with E-state index in [1.54, 1.807) is 6.92 Å². The van der Waals surface area contributed by atoms with Crippen molar-refractivity contribution >= 4 is 29.2 Å². The second-order valence-corrected chi connectivity index (χ2v) is 4.85. The number of hydrogen-bond donors (Lipinski definition) is 0. The molecule has 1 aliphatic rings. The summed E-state index contributed by atoms with van der Waals surface area (Å²) >= 11 is 11.6. The SMILES string of the molecule is CCOC(=O)C1(Cc2ncc(Cl)nc2Cl)CC1. The molecule has 0 aliphatic heterocycles. The maximum Gasteiger partial charge on any atom is 0.312 e. The summed E-state index contributed by atoms with van der Waals surface area (Å²) in [6, 6.07) is 0. The molecule has 1 fully saturated rings. The van der Waals surface area contributed by atoms with Gasteiger partial charge in [0.15, 0.2) is 5.15 Å². The van der Waals surface area contributed by atoms with Gasteiger partial charge in [0.2, 0.25) is 0 Å². The van der Waals surface area contributed by atoms with Crippen molar-refractivity contribution in [2.45, 2.75) is 26.2 Å². The van der Waals surface area contributed by atoms with Gasteiger partial charge in [0, 0.05) is 6.42 Å². The van der Waals surface area contributed by atoms with Crippen LogP contribution in [0.4, 0.5) is 0 Å². The molecule has 0 radical (unpaired) electrons. The Kier molecular flexibility index (Phi) is 3.54. The first-order chi connectivity index (χ1) is 8.07. The van der Waals surface area contributed by atoms with Gasteiger partial charge in [0.1, 0.15) is 5.15 Å². The van der Waals surface area contributed by atoms with E-state index in [1.165, 1.54) is 6.20 Å². The fourth-order valence-corrected chi connectivity index (χ4v) is 2.08. The Labute approximate surface area is 109 Å². The molecule has 1 aromatic heterocycles. The average Bonchev–Trinajstić information content (AvgIpc) is 3.04. The molecule has 2 rings (SSSR count). The van der Waals surface area contributed by atoms with Crippen LogP contribution in [0.1, 0.15) is 25.5 Å². The van der Waals surface area contributed by atoms with Crippen molar-refractivity contribution in [3.8, 4) is 0 Å². The molecule has 1 saturated carbocycles.